The van der Waals surface area contributed by atoms with Crippen LogP contribution in [0.4, 0.5) is 9.59 Å². The first-order valence-corrected chi connectivity index (χ1v) is 11.9. The van der Waals surface area contributed by atoms with Crippen molar-refractivity contribution in [2.45, 2.75) is 0 Å². The van der Waals surface area contributed by atoms with Gasteiger partial charge in [0.15, 0.2) is 0 Å². The fraction of sp³-hybridized carbons (Fsp3) is 0.522. The maximum atomic E-state index is 11.2. The highest BCUT2D eigenvalue weighted by molar-refractivity contribution is 6.11. The second-order valence-corrected chi connectivity index (χ2v) is 7.70. The quantitative estimate of drug-likeness (QED) is 0.221. The molecule has 248 valence electrons. The summed E-state index contributed by atoms with van der Waals surface area (Å²) in [6.07, 6.45) is 2.61. The van der Waals surface area contributed by atoms with Gasteiger partial charge in [0.1, 0.15) is 0 Å². The van der Waals surface area contributed by atoms with Crippen molar-refractivity contribution in [1.82, 2.24) is 32.6 Å². The molecule has 3 rings (SSSR count). The van der Waals surface area contributed by atoms with Crippen LogP contribution >= 0.6 is 0 Å². The van der Waals surface area contributed by atoms with Gasteiger partial charge in [-0.05, 0) is 0 Å². The summed E-state index contributed by atoms with van der Waals surface area (Å²) in [5.41, 5.74) is -1.51. The zero-order valence-electron chi connectivity index (χ0n) is 27.0. The van der Waals surface area contributed by atoms with Crippen LogP contribution in [0.1, 0.15) is 0 Å². The van der Waals surface area contributed by atoms with Crippen molar-refractivity contribution in [3.05, 3.63) is 53.3 Å². The SMILES string of the molecule is CN1C(=O)N(C)C1=O.CN=C=NC.CN=C=O.CN=C=O.CN=c1oc(=O)n(C)c(=O)n1C.Cn1c(=N)n(C)c(=O)n(C)c1=O. The molecule has 0 bridgehead atoms. The summed E-state index contributed by atoms with van der Waals surface area (Å²) in [4.78, 5) is 101. The molecular formula is C23H37N13O9. The third kappa shape index (κ3) is 13.6. The number of hydrogen-bond donors (Lipinski definition) is 1. The number of imide groups is 2. The summed E-state index contributed by atoms with van der Waals surface area (Å²) in [7, 11) is 17.5. The fourth-order valence-electron chi connectivity index (χ4n) is 2.40. The number of carbonyl (C=O) groups excluding carboxylic acids is 4. The Morgan fingerprint density at radius 2 is 0.889 bits per heavy atom. The number of carbonyl (C=O) groups is 2. The van der Waals surface area contributed by atoms with Crippen molar-refractivity contribution in [2.24, 2.45) is 60.2 Å². The number of isocyanates is 2. The van der Waals surface area contributed by atoms with Gasteiger partial charge in [-0.25, -0.2) is 82.3 Å². The molecule has 1 aliphatic rings. The lowest BCUT2D eigenvalue weighted by Gasteiger charge is -2.32. The van der Waals surface area contributed by atoms with Crippen LogP contribution in [0.25, 0.3) is 0 Å². The molecule has 0 aromatic carbocycles. The van der Waals surface area contributed by atoms with Crippen molar-refractivity contribution >= 4 is 30.2 Å². The van der Waals surface area contributed by atoms with Gasteiger partial charge in [0.25, 0.3) is 0 Å². The highest BCUT2D eigenvalue weighted by atomic mass is 16.4. The van der Waals surface area contributed by atoms with E-state index in [0.29, 0.717) is 0 Å². The summed E-state index contributed by atoms with van der Waals surface area (Å²) >= 11 is 0. The molecule has 1 saturated heterocycles. The summed E-state index contributed by atoms with van der Waals surface area (Å²) in [5, 5.41) is 7.34. The van der Waals surface area contributed by atoms with E-state index in [1.54, 1.807) is 14.1 Å². The van der Waals surface area contributed by atoms with Gasteiger partial charge in [-0.15, -0.1) is 0 Å². The lowest BCUT2D eigenvalue weighted by Crippen LogP contribution is -2.59. The Kier molecular flexibility index (Phi) is 21.7. The number of urea groups is 2. The minimum atomic E-state index is -0.710. The molecule has 0 radical (unpaired) electrons. The molecule has 0 atom stereocenters. The molecule has 0 aliphatic carbocycles. The standard InChI is InChI=1S/C6H10N4O2.C6H9N3O3.C4H6N2O2.C3H6N2.2C2H3NO/c1-8-4(7)9(2)6(12)10(3)5(8)11;1-7-4-8(2)5(10)9(3)6(11)12-4;1-5-3(7)6(2)4(5)8;1-4-3-5-2;2*1-3-2-4/h7H,1-3H3;1-3H3;1-2H3;1-2H3;2*1H3. The smallest absolute Gasteiger partial charge is 0.375 e. The normalized spacial score (nSPS) is 10.7. The molecule has 2 aromatic heterocycles. The molecule has 45 heavy (non-hydrogen) atoms. The van der Waals surface area contributed by atoms with Crippen molar-refractivity contribution in [3.8, 4) is 0 Å². The predicted octanol–water partition coefficient (Wildman–Crippen LogP) is -3.46. The van der Waals surface area contributed by atoms with Gasteiger partial charge >= 0.3 is 40.6 Å². The molecule has 1 aliphatic heterocycles. The van der Waals surface area contributed by atoms with Gasteiger partial charge in [-0.3, -0.25) is 19.1 Å². The lowest BCUT2D eigenvalue weighted by molar-refractivity contribution is 0.125. The number of nitrogens with zero attached hydrogens (tertiary/aromatic N) is 12. The van der Waals surface area contributed by atoms with E-state index in [2.05, 4.69) is 35.4 Å². The van der Waals surface area contributed by atoms with Crippen LogP contribution in [0.5, 0.6) is 0 Å². The highest BCUT2D eigenvalue weighted by Gasteiger charge is 2.36. The molecule has 1 fully saturated rings. The Hall–Kier alpha value is -6.10. The number of aliphatic imine (C=N–C) groups is 4. The molecule has 3 heterocycles. The molecule has 0 saturated carbocycles. The van der Waals surface area contributed by atoms with E-state index in [0.717, 1.165) is 32.6 Å². The summed E-state index contributed by atoms with van der Waals surface area (Å²) in [5.74, 6) is -0.710. The minimum absolute atomic E-state index is 0.0168. The zero-order valence-corrected chi connectivity index (χ0v) is 27.0. The van der Waals surface area contributed by atoms with Crippen LogP contribution in [0.15, 0.2) is 48.6 Å². The number of hydrogen-bond acceptors (Lipinski definition) is 15. The second kappa shape index (κ2) is 22.5. The van der Waals surface area contributed by atoms with Gasteiger partial charge in [-0.1, -0.05) is 0 Å². The first kappa shape index (κ1) is 43.4. The van der Waals surface area contributed by atoms with Gasteiger partial charge in [0.2, 0.25) is 17.8 Å². The molecule has 2 aromatic rings. The summed E-state index contributed by atoms with van der Waals surface area (Å²) in [6, 6.07) is 1.88. The van der Waals surface area contributed by atoms with Crippen molar-refractivity contribution in [1.29, 1.82) is 5.41 Å². The van der Waals surface area contributed by atoms with Crippen LogP contribution in [-0.2, 0) is 44.8 Å². The summed E-state index contributed by atoms with van der Waals surface area (Å²) in [6.45, 7) is 0. The molecule has 1 N–H and O–H groups in total. The van der Waals surface area contributed by atoms with Gasteiger partial charge < -0.3 is 4.42 Å². The number of amides is 4. The highest BCUT2D eigenvalue weighted by Crippen LogP contribution is 2.08. The first-order valence-electron chi connectivity index (χ1n) is 11.9. The van der Waals surface area contributed by atoms with Gasteiger partial charge in [-0.2, -0.15) is 0 Å². The van der Waals surface area contributed by atoms with Crippen LogP contribution in [-0.4, -0.2) is 112 Å². The van der Waals surface area contributed by atoms with E-state index in [1.165, 1.54) is 82.6 Å². The Labute approximate surface area is 255 Å². The molecule has 22 heteroatoms. The van der Waals surface area contributed by atoms with E-state index in [4.69, 9.17) is 15.0 Å². The molecular weight excluding hydrogens is 602 g/mol. The Morgan fingerprint density at radius 1 is 0.556 bits per heavy atom. The molecule has 4 amide bonds. The van der Waals surface area contributed by atoms with E-state index in [1.807, 2.05) is 0 Å². The van der Waals surface area contributed by atoms with Crippen molar-refractivity contribution in [3.63, 3.8) is 0 Å². The molecule has 22 nitrogen and oxygen atoms in total. The van der Waals surface area contributed by atoms with Gasteiger partial charge in [0, 0.05) is 84.6 Å². The van der Waals surface area contributed by atoms with E-state index >= 15 is 0 Å². The average Bonchev–Trinajstić information content (AvgIpc) is 3.06. The topological polar surface area (TPSA) is 266 Å². The monoisotopic (exact) mass is 639 g/mol. The van der Waals surface area contributed by atoms with Crippen LogP contribution in [0.2, 0.25) is 0 Å². The Balaban J connectivity index is -0.000000500. The van der Waals surface area contributed by atoms with Crippen LogP contribution in [0.3, 0.4) is 0 Å². The average molecular weight is 640 g/mol. The number of nitrogens with one attached hydrogen (secondary N) is 1. The van der Waals surface area contributed by atoms with E-state index in [-0.39, 0.29) is 23.4 Å². The zero-order chi connectivity index (χ0) is 36.0. The molecule has 0 unspecified atom stereocenters. The second-order valence-electron chi connectivity index (χ2n) is 7.70. The molecule has 0 spiro atoms. The largest absolute Gasteiger partial charge is 0.425 e. The third-order valence-corrected chi connectivity index (χ3v) is 4.82. The van der Waals surface area contributed by atoms with E-state index in [9.17, 15) is 28.8 Å². The van der Waals surface area contributed by atoms with Crippen LogP contribution < -0.4 is 34.1 Å². The third-order valence-electron chi connectivity index (χ3n) is 4.82. The maximum absolute atomic E-state index is 11.2. The number of aromatic nitrogens is 5. The van der Waals surface area contributed by atoms with Crippen molar-refractivity contribution < 1.29 is 23.6 Å². The minimum Gasteiger partial charge on any atom is -0.375 e. The van der Waals surface area contributed by atoms with E-state index < -0.39 is 22.8 Å². The summed E-state index contributed by atoms with van der Waals surface area (Å²) < 4.78 is 9.85. The lowest BCUT2D eigenvalue weighted by atomic mass is 10.5. The number of rotatable bonds is 0. The Bertz CT molecular complexity index is 1680. The fourth-order valence-corrected chi connectivity index (χ4v) is 2.40. The van der Waals surface area contributed by atoms with Gasteiger partial charge in [0.05, 0.1) is 6.01 Å². The van der Waals surface area contributed by atoms with Crippen LogP contribution in [0, 0.1) is 5.41 Å². The first-order chi connectivity index (χ1) is 20.9. The van der Waals surface area contributed by atoms with Crippen molar-refractivity contribution in [2.75, 3.05) is 49.3 Å². The predicted molar refractivity (Wildman–Crippen MR) is 159 cm³/mol. The Morgan fingerprint density at radius 3 is 1.13 bits per heavy atom. The maximum Gasteiger partial charge on any atom is 0.425 e.